The first kappa shape index (κ1) is 23.1. The third-order valence-electron chi connectivity index (χ3n) is 3.20. The fraction of sp³-hybridized carbons (Fsp3) is 0.867. The van der Waals surface area contributed by atoms with E-state index in [1.807, 2.05) is 6.92 Å². The Labute approximate surface area is 149 Å². The molecule has 4 nitrogen and oxygen atoms in total. The molecule has 0 aromatic heterocycles. The van der Waals surface area contributed by atoms with Crippen molar-refractivity contribution in [2.45, 2.75) is 71.4 Å². The first-order valence-corrected chi connectivity index (χ1v) is 7.62. The molecule has 1 unspecified atom stereocenters. The summed E-state index contributed by atoms with van der Waals surface area (Å²) in [6.07, 6.45) is 4.45. The summed E-state index contributed by atoms with van der Waals surface area (Å²) in [5, 5.41) is 10.6. The van der Waals surface area contributed by atoms with E-state index in [9.17, 15) is 19.1 Å². The van der Waals surface area contributed by atoms with E-state index in [4.69, 9.17) is 0 Å². The van der Waals surface area contributed by atoms with Crippen LogP contribution in [0, 0.1) is 0 Å². The average Bonchev–Trinajstić information content (AvgIpc) is 2.38. The van der Waals surface area contributed by atoms with Crippen molar-refractivity contribution in [3.05, 3.63) is 0 Å². The van der Waals surface area contributed by atoms with Crippen molar-refractivity contribution in [1.82, 2.24) is 4.90 Å². The SMILES string of the molecule is CCCCCC(F)CCCC(=O)N(CCC)CC(=O)[O-].[Na+]. The largest absolute Gasteiger partial charge is 1.00 e. The van der Waals surface area contributed by atoms with Gasteiger partial charge in [0.15, 0.2) is 0 Å². The molecule has 0 aliphatic carbocycles. The van der Waals surface area contributed by atoms with Gasteiger partial charge >= 0.3 is 29.6 Å². The van der Waals surface area contributed by atoms with Gasteiger partial charge in [0.25, 0.3) is 0 Å². The van der Waals surface area contributed by atoms with Crippen molar-refractivity contribution in [3.63, 3.8) is 0 Å². The predicted octanol–water partition coefficient (Wildman–Crippen LogP) is -0.932. The standard InChI is InChI=1S/C15H28FNO3.Na/c1-3-5-6-8-13(16)9-7-10-14(18)17(11-4-2)12-15(19)20;/h13H,3-12H2,1-2H3,(H,19,20);/q;+1/p-1. The van der Waals surface area contributed by atoms with Crippen molar-refractivity contribution in [2.75, 3.05) is 13.1 Å². The third-order valence-corrected chi connectivity index (χ3v) is 3.20. The van der Waals surface area contributed by atoms with Crippen LogP contribution < -0.4 is 34.7 Å². The van der Waals surface area contributed by atoms with Crippen LogP contribution in [0.2, 0.25) is 0 Å². The fourth-order valence-corrected chi connectivity index (χ4v) is 2.11. The van der Waals surface area contributed by atoms with E-state index >= 15 is 0 Å². The molecule has 0 aliphatic rings. The number of hydrogen-bond donors (Lipinski definition) is 0. The van der Waals surface area contributed by atoms with Gasteiger partial charge in [-0.25, -0.2) is 4.39 Å². The van der Waals surface area contributed by atoms with Gasteiger partial charge in [-0.05, 0) is 25.7 Å². The van der Waals surface area contributed by atoms with Crippen LogP contribution in [0.15, 0.2) is 0 Å². The van der Waals surface area contributed by atoms with Gasteiger partial charge in [0.1, 0.15) is 6.17 Å². The number of rotatable bonds is 12. The number of carbonyl (C=O) groups excluding carboxylic acids is 2. The molecule has 0 aromatic carbocycles. The Bertz CT molecular complexity index is 290. The molecule has 6 heteroatoms. The zero-order chi connectivity index (χ0) is 15.4. The number of carboxylic acid groups (broad SMARTS) is 1. The van der Waals surface area contributed by atoms with Gasteiger partial charge in [-0.3, -0.25) is 4.79 Å². The summed E-state index contributed by atoms with van der Waals surface area (Å²) in [6.45, 7) is 3.98. The smallest absolute Gasteiger partial charge is 0.548 e. The monoisotopic (exact) mass is 311 g/mol. The summed E-state index contributed by atoms with van der Waals surface area (Å²) >= 11 is 0. The first-order valence-electron chi connectivity index (χ1n) is 7.62. The number of aliphatic carboxylic acids is 1. The number of halogens is 1. The molecular formula is C15H27FNNaO3. The van der Waals surface area contributed by atoms with Crippen molar-refractivity contribution in [3.8, 4) is 0 Å². The normalized spacial score (nSPS) is 11.6. The molecule has 0 bridgehead atoms. The molecule has 118 valence electrons. The molecule has 21 heavy (non-hydrogen) atoms. The molecule has 0 aliphatic heterocycles. The summed E-state index contributed by atoms with van der Waals surface area (Å²) in [5.41, 5.74) is 0. The Hall–Kier alpha value is -0.130. The molecule has 0 radical (unpaired) electrons. The maximum atomic E-state index is 13.5. The zero-order valence-electron chi connectivity index (χ0n) is 13.7. The molecule has 0 aromatic rings. The van der Waals surface area contributed by atoms with Gasteiger partial charge in [0.05, 0.1) is 12.5 Å². The molecule has 0 fully saturated rings. The van der Waals surface area contributed by atoms with E-state index in [1.165, 1.54) is 4.90 Å². The van der Waals surface area contributed by atoms with Crippen LogP contribution in [0.3, 0.4) is 0 Å². The van der Waals surface area contributed by atoms with Crippen LogP contribution in [0.25, 0.3) is 0 Å². The summed E-state index contributed by atoms with van der Waals surface area (Å²) in [5.74, 6) is -1.48. The quantitative estimate of drug-likeness (QED) is 0.345. The van der Waals surface area contributed by atoms with Crippen LogP contribution in [-0.4, -0.2) is 36.0 Å². The number of nitrogens with zero attached hydrogens (tertiary/aromatic N) is 1. The molecular weight excluding hydrogens is 284 g/mol. The first-order chi connectivity index (χ1) is 9.51. The van der Waals surface area contributed by atoms with Crippen molar-refractivity contribution in [2.24, 2.45) is 0 Å². The second-order valence-corrected chi connectivity index (χ2v) is 5.17. The van der Waals surface area contributed by atoms with Crippen molar-refractivity contribution >= 4 is 11.9 Å². The van der Waals surface area contributed by atoms with Gasteiger partial charge in [0.2, 0.25) is 5.91 Å². The number of carbonyl (C=O) groups is 2. The zero-order valence-corrected chi connectivity index (χ0v) is 15.7. The minimum Gasteiger partial charge on any atom is -0.548 e. The maximum absolute atomic E-state index is 13.5. The van der Waals surface area contributed by atoms with Crippen LogP contribution >= 0.6 is 0 Å². The summed E-state index contributed by atoms with van der Waals surface area (Å²) < 4.78 is 13.5. The minimum atomic E-state index is -1.25. The van der Waals surface area contributed by atoms with Crippen molar-refractivity contribution in [1.29, 1.82) is 0 Å². The molecule has 0 saturated carbocycles. The Morgan fingerprint density at radius 1 is 1.10 bits per heavy atom. The van der Waals surface area contributed by atoms with Crippen LogP contribution in [0.1, 0.15) is 65.2 Å². The molecule has 1 amide bonds. The number of carboxylic acids is 1. The predicted molar refractivity (Wildman–Crippen MR) is 74.8 cm³/mol. The molecule has 0 rings (SSSR count). The minimum absolute atomic E-state index is 0. The summed E-state index contributed by atoms with van der Waals surface area (Å²) in [4.78, 5) is 23.7. The van der Waals surface area contributed by atoms with Crippen LogP contribution in [-0.2, 0) is 9.59 Å². The number of alkyl halides is 1. The van der Waals surface area contributed by atoms with Gasteiger partial charge in [0, 0.05) is 13.0 Å². The average molecular weight is 311 g/mol. The number of hydrogen-bond acceptors (Lipinski definition) is 3. The van der Waals surface area contributed by atoms with Gasteiger partial charge in [-0.1, -0.05) is 33.1 Å². The Morgan fingerprint density at radius 3 is 2.24 bits per heavy atom. The molecule has 0 saturated heterocycles. The molecule has 0 spiro atoms. The van der Waals surface area contributed by atoms with E-state index in [2.05, 4.69) is 6.92 Å². The van der Waals surface area contributed by atoms with Gasteiger partial charge in [-0.2, -0.15) is 0 Å². The summed E-state index contributed by atoms with van der Waals surface area (Å²) in [6, 6.07) is 0. The number of amides is 1. The van der Waals surface area contributed by atoms with Crippen molar-refractivity contribution < 1.29 is 48.6 Å². The fourth-order valence-electron chi connectivity index (χ4n) is 2.11. The van der Waals surface area contributed by atoms with Crippen LogP contribution in [0.4, 0.5) is 4.39 Å². The van der Waals surface area contributed by atoms with Crippen LogP contribution in [0.5, 0.6) is 0 Å². The van der Waals surface area contributed by atoms with E-state index in [-0.39, 0.29) is 48.4 Å². The van der Waals surface area contributed by atoms with E-state index < -0.39 is 12.1 Å². The van der Waals surface area contributed by atoms with Gasteiger partial charge < -0.3 is 14.8 Å². The van der Waals surface area contributed by atoms with E-state index in [0.29, 0.717) is 32.2 Å². The molecule has 0 heterocycles. The van der Waals surface area contributed by atoms with Gasteiger partial charge in [-0.15, -0.1) is 0 Å². The maximum Gasteiger partial charge on any atom is 1.00 e. The Kier molecular flexibility index (Phi) is 16.3. The van der Waals surface area contributed by atoms with E-state index in [0.717, 1.165) is 19.3 Å². The Morgan fingerprint density at radius 2 is 1.71 bits per heavy atom. The molecule has 1 atom stereocenters. The second kappa shape index (κ2) is 14.8. The Balaban J connectivity index is 0. The number of unbranched alkanes of at least 4 members (excludes halogenated alkanes) is 2. The second-order valence-electron chi connectivity index (χ2n) is 5.17. The third kappa shape index (κ3) is 13.3. The molecule has 0 N–H and O–H groups in total. The summed E-state index contributed by atoms with van der Waals surface area (Å²) in [7, 11) is 0. The topological polar surface area (TPSA) is 60.4 Å². The van der Waals surface area contributed by atoms with E-state index in [1.54, 1.807) is 0 Å².